The molecular formula is C19H21N3O5. The normalized spacial score (nSPS) is 16.3. The van der Waals surface area contributed by atoms with E-state index in [-0.39, 0.29) is 18.8 Å². The van der Waals surface area contributed by atoms with Crippen LogP contribution in [0.5, 0.6) is 5.75 Å². The van der Waals surface area contributed by atoms with Gasteiger partial charge in [-0.15, -0.1) is 0 Å². The number of carbonyl (C=O) groups is 2. The number of fused-ring (bicyclic) bond motifs is 1. The first-order valence-corrected chi connectivity index (χ1v) is 8.54. The van der Waals surface area contributed by atoms with E-state index in [1.54, 1.807) is 31.3 Å². The van der Waals surface area contributed by atoms with Crippen LogP contribution in [0.2, 0.25) is 0 Å². The van der Waals surface area contributed by atoms with Crippen molar-refractivity contribution in [1.29, 1.82) is 0 Å². The van der Waals surface area contributed by atoms with Crippen LogP contribution < -0.4 is 5.32 Å². The van der Waals surface area contributed by atoms with Crippen LogP contribution in [0, 0.1) is 0 Å². The first kappa shape index (κ1) is 18.8. The van der Waals surface area contributed by atoms with Crippen molar-refractivity contribution in [2.45, 2.75) is 38.3 Å². The summed E-state index contributed by atoms with van der Waals surface area (Å²) in [7, 11) is 0. The lowest BCUT2D eigenvalue weighted by atomic mass is 10.1. The minimum atomic E-state index is -1.91. The third-order valence-electron chi connectivity index (χ3n) is 4.55. The number of aromatic nitrogens is 1. The van der Waals surface area contributed by atoms with Crippen molar-refractivity contribution in [2.75, 3.05) is 0 Å². The third kappa shape index (κ3) is 4.07. The average molecular weight is 371 g/mol. The molecule has 0 fully saturated rings. The minimum Gasteiger partial charge on any atom is -0.508 e. The quantitative estimate of drug-likeness (QED) is 0.597. The Labute approximate surface area is 156 Å². The number of benzene rings is 1. The molecule has 8 heteroatoms. The molecule has 0 aliphatic carbocycles. The Morgan fingerprint density at radius 2 is 1.93 bits per heavy atom. The summed E-state index contributed by atoms with van der Waals surface area (Å²) in [6, 6.07) is 9.37. The minimum absolute atomic E-state index is 0.0477. The van der Waals surface area contributed by atoms with E-state index in [1.165, 1.54) is 17.0 Å². The van der Waals surface area contributed by atoms with Gasteiger partial charge in [0.15, 0.2) is 12.2 Å². The molecule has 1 aliphatic rings. The highest BCUT2D eigenvalue weighted by Crippen LogP contribution is 2.22. The summed E-state index contributed by atoms with van der Waals surface area (Å²) < 4.78 is 0. The predicted octanol–water partition coefficient (Wildman–Crippen LogP) is 0.229. The molecule has 0 bridgehead atoms. The summed E-state index contributed by atoms with van der Waals surface area (Å²) in [5.41, 5.74) is 2.22. The predicted molar refractivity (Wildman–Crippen MR) is 95.2 cm³/mol. The van der Waals surface area contributed by atoms with Crippen molar-refractivity contribution >= 4 is 11.8 Å². The Balaban J connectivity index is 1.60. The maximum atomic E-state index is 12.4. The van der Waals surface area contributed by atoms with Crippen molar-refractivity contribution < 1.29 is 24.9 Å². The number of aromatic hydroxyl groups is 1. The van der Waals surface area contributed by atoms with Crippen LogP contribution in [0.25, 0.3) is 0 Å². The molecule has 0 spiro atoms. The highest BCUT2D eigenvalue weighted by Gasteiger charge is 2.36. The first-order valence-electron chi connectivity index (χ1n) is 8.54. The van der Waals surface area contributed by atoms with Crippen molar-refractivity contribution in [1.82, 2.24) is 15.2 Å². The van der Waals surface area contributed by atoms with Crippen LogP contribution in [0.15, 0.2) is 42.6 Å². The van der Waals surface area contributed by atoms with E-state index in [0.29, 0.717) is 5.56 Å². The number of phenols is 1. The van der Waals surface area contributed by atoms with Gasteiger partial charge in [0, 0.05) is 12.7 Å². The van der Waals surface area contributed by atoms with Crippen LogP contribution >= 0.6 is 0 Å². The van der Waals surface area contributed by atoms with Gasteiger partial charge >= 0.3 is 0 Å². The Hall–Kier alpha value is -2.97. The lowest BCUT2D eigenvalue weighted by molar-refractivity contribution is -0.153. The van der Waals surface area contributed by atoms with E-state index in [0.717, 1.165) is 11.3 Å². The number of amides is 2. The maximum Gasteiger partial charge on any atom is 0.255 e. The molecule has 8 nitrogen and oxygen atoms in total. The van der Waals surface area contributed by atoms with E-state index < -0.39 is 30.1 Å². The lowest BCUT2D eigenvalue weighted by Gasteiger charge is -2.24. The van der Waals surface area contributed by atoms with E-state index >= 15 is 0 Å². The number of hydrogen-bond donors (Lipinski definition) is 4. The fourth-order valence-corrected chi connectivity index (χ4v) is 3.00. The standard InChI is InChI=1S/C19H21N3O5/c1-11(12-4-2-6-14(23)8-12)21-18(26)16(24)17(25)19(27)22-9-13-5-3-7-20-15(13)10-22/h2-8,11,16-17,23-25H,9-10H2,1H3,(H,21,26). The number of nitrogens with zero attached hydrogens (tertiary/aromatic N) is 2. The fourth-order valence-electron chi connectivity index (χ4n) is 3.00. The number of rotatable bonds is 5. The van der Waals surface area contributed by atoms with Crippen molar-refractivity contribution in [2.24, 2.45) is 0 Å². The lowest BCUT2D eigenvalue weighted by Crippen LogP contribution is -2.50. The van der Waals surface area contributed by atoms with Gasteiger partial charge < -0.3 is 25.5 Å². The van der Waals surface area contributed by atoms with Crippen LogP contribution in [-0.2, 0) is 22.7 Å². The van der Waals surface area contributed by atoms with Gasteiger partial charge in [-0.3, -0.25) is 14.6 Å². The molecule has 1 aromatic heterocycles. The van der Waals surface area contributed by atoms with Crippen LogP contribution in [0.4, 0.5) is 0 Å². The van der Waals surface area contributed by atoms with Gasteiger partial charge in [-0.25, -0.2) is 0 Å². The second kappa shape index (κ2) is 7.73. The molecular weight excluding hydrogens is 350 g/mol. The summed E-state index contributed by atoms with van der Waals surface area (Å²) in [6.45, 7) is 2.16. The van der Waals surface area contributed by atoms with Crippen molar-refractivity contribution in [3.05, 3.63) is 59.4 Å². The zero-order chi connectivity index (χ0) is 19.6. The number of aliphatic hydroxyl groups is 2. The molecule has 1 aliphatic heterocycles. The highest BCUT2D eigenvalue weighted by atomic mass is 16.3. The molecule has 2 aromatic rings. The van der Waals surface area contributed by atoms with E-state index in [9.17, 15) is 24.9 Å². The average Bonchev–Trinajstić information content (AvgIpc) is 3.10. The van der Waals surface area contributed by atoms with Crippen LogP contribution in [0.1, 0.15) is 29.8 Å². The van der Waals surface area contributed by atoms with Gasteiger partial charge in [-0.05, 0) is 36.2 Å². The molecule has 1 aromatic carbocycles. The van der Waals surface area contributed by atoms with Crippen LogP contribution in [0.3, 0.4) is 0 Å². The third-order valence-corrected chi connectivity index (χ3v) is 4.55. The maximum absolute atomic E-state index is 12.4. The molecule has 0 saturated carbocycles. The first-order chi connectivity index (χ1) is 12.9. The molecule has 2 amide bonds. The molecule has 142 valence electrons. The molecule has 0 saturated heterocycles. The second-order valence-electron chi connectivity index (χ2n) is 6.52. The zero-order valence-corrected chi connectivity index (χ0v) is 14.7. The number of phenolic OH excluding ortho intramolecular Hbond substituents is 1. The van der Waals surface area contributed by atoms with E-state index in [4.69, 9.17) is 0 Å². The number of pyridine rings is 1. The van der Waals surface area contributed by atoms with Gasteiger partial charge in [-0.2, -0.15) is 0 Å². The largest absolute Gasteiger partial charge is 0.508 e. The number of carbonyl (C=O) groups excluding carboxylic acids is 2. The van der Waals surface area contributed by atoms with Crippen LogP contribution in [-0.4, -0.2) is 49.2 Å². The number of nitrogens with one attached hydrogen (secondary N) is 1. The van der Waals surface area contributed by atoms with Gasteiger partial charge in [0.05, 0.1) is 18.3 Å². The molecule has 3 unspecified atom stereocenters. The van der Waals surface area contributed by atoms with Crippen molar-refractivity contribution in [3.8, 4) is 5.75 Å². The fraction of sp³-hybridized carbons (Fsp3) is 0.316. The monoisotopic (exact) mass is 371 g/mol. The topological polar surface area (TPSA) is 123 Å². The SMILES string of the molecule is CC(NC(=O)C(O)C(O)C(=O)N1Cc2cccnc2C1)c1cccc(O)c1. The van der Waals surface area contributed by atoms with E-state index in [1.807, 2.05) is 6.07 Å². The van der Waals surface area contributed by atoms with Gasteiger partial charge in [0.2, 0.25) is 0 Å². The molecule has 0 radical (unpaired) electrons. The molecule has 4 N–H and O–H groups in total. The molecule has 3 atom stereocenters. The Morgan fingerprint density at radius 1 is 1.15 bits per heavy atom. The number of hydrogen-bond acceptors (Lipinski definition) is 6. The number of aliphatic hydroxyl groups excluding tert-OH is 2. The molecule has 27 heavy (non-hydrogen) atoms. The Morgan fingerprint density at radius 3 is 2.63 bits per heavy atom. The summed E-state index contributed by atoms with van der Waals surface area (Å²) in [6.07, 6.45) is -2.17. The van der Waals surface area contributed by atoms with E-state index in [2.05, 4.69) is 10.3 Å². The molecule has 2 heterocycles. The summed E-state index contributed by atoms with van der Waals surface area (Å²) in [4.78, 5) is 30.2. The Kier molecular flexibility index (Phi) is 5.38. The highest BCUT2D eigenvalue weighted by molar-refractivity contribution is 5.91. The zero-order valence-electron chi connectivity index (χ0n) is 14.7. The van der Waals surface area contributed by atoms with Gasteiger partial charge in [-0.1, -0.05) is 18.2 Å². The van der Waals surface area contributed by atoms with Gasteiger partial charge in [0.25, 0.3) is 11.8 Å². The second-order valence-corrected chi connectivity index (χ2v) is 6.52. The van der Waals surface area contributed by atoms with Gasteiger partial charge in [0.1, 0.15) is 5.75 Å². The molecule has 3 rings (SSSR count). The summed E-state index contributed by atoms with van der Waals surface area (Å²) in [5, 5.41) is 32.3. The van der Waals surface area contributed by atoms with Crippen molar-refractivity contribution in [3.63, 3.8) is 0 Å². The summed E-state index contributed by atoms with van der Waals surface area (Å²) >= 11 is 0. The Bertz CT molecular complexity index is 832. The smallest absolute Gasteiger partial charge is 0.255 e. The summed E-state index contributed by atoms with van der Waals surface area (Å²) in [5.74, 6) is -1.56.